The van der Waals surface area contributed by atoms with Crippen LogP contribution in [0.2, 0.25) is 0 Å². The molecule has 1 aliphatic carbocycles. The van der Waals surface area contributed by atoms with Gasteiger partial charge in [-0.05, 0) is 42.0 Å². The molecule has 31 heavy (non-hydrogen) atoms. The average molecular weight is 434 g/mol. The van der Waals surface area contributed by atoms with Gasteiger partial charge in [-0.2, -0.15) is 0 Å². The predicted octanol–water partition coefficient (Wildman–Crippen LogP) is 4.53. The molecule has 156 valence electrons. The van der Waals surface area contributed by atoms with E-state index in [2.05, 4.69) is 10.3 Å². The van der Waals surface area contributed by atoms with Gasteiger partial charge in [-0.3, -0.25) is 14.2 Å². The van der Waals surface area contributed by atoms with Crippen LogP contribution in [0, 0.1) is 11.7 Å². The number of fused-ring (bicyclic) bond motifs is 1. The van der Waals surface area contributed by atoms with E-state index >= 15 is 0 Å². The van der Waals surface area contributed by atoms with Gasteiger partial charge in [0.25, 0.3) is 5.56 Å². The Labute approximate surface area is 182 Å². The third-order valence-corrected chi connectivity index (χ3v) is 6.48. The monoisotopic (exact) mass is 433 g/mol. The molecular formula is C24H20FN3O2S. The van der Waals surface area contributed by atoms with Crippen LogP contribution in [-0.2, 0) is 11.3 Å². The second kappa shape index (κ2) is 8.07. The van der Waals surface area contributed by atoms with Crippen molar-refractivity contribution in [2.24, 2.45) is 5.92 Å². The Bertz CT molecular complexity index is 1290. The highest BCUT2D eigenvalue weighted by atomic mass is 32.1. The van der Waals surface area contributed by atoms with E-state index < -0.39 is 0 Å². The van der Waals surface area contributed by atoms with Gasteiger partial charge in [0.05, 0.1) is 17.8 Å². The first kappa shape index (κ1) is 19.6. The van der Waals surface area contributed by atoms with Crippen molar-refractivity contribution in [3.63, 3.8) is 0 Å². The number of amides is 1. The van der Waals surface area contributed by atoms with Crippen LogP contribution >= 0.6 is 11.3 Å². The minimum atomic E-state index is -0.334. The second-order valence-corrected chi connectivity index (χ2v) is 8.67. The molecule has 1 unspecified atom stereocenters. The van der Waals surface area contributed by atoms with Crippen LogP contribution in [0.15, 0.2) is 71.1 Å². The zero-order valence-electron chi connectivity index (χ0n) is 16.6. The Hall–Kier alpha value is -3.32. The van der Waals surface area contributed by atoms with Crippen LogP contribution in [0.4, 0.5) is 4.39 Å². The molecule has 2 heterocycles. The summed E-state index contributed by atoms with van der Waals surface area (Å²) in [5, 5.41) is 5.39. The zero-order valence-corrected chi connectivity index (χ0v) is 17.4. The number of nitrogens with one attached hydrogen (secondary N) is 1. The summed E-state index contributed by atoms with van der Waals surface area (Å²) in [7, 11) is 0. The second-order valence-electron chi connectivity index (χ2n) is 7.81. The van der Waals surface area contributed by atoms with Crippen LogP contribution in [0.25, 0.3) is 21.3 Å². The van der Waals surface area contributed by atoms with Gasteiger partial charge in [-0.1, -0.05) is 42.5 Å². The highest BCUT2D eigenvalue weighted by Crippen LogP contribution is 2.41. The fourth-order valence-corrected chi connectivity index (χ4v) is 4.77. The van der Waals surface area contributed by atoms with Gasteiger partial charge in [-0.15, -0.1) is 11.3 Å². The SMILES string of the molecule is O=C(Cn1cnc2scc(-c3ccc(F)cc3)c2c1=O)NC(c1ccccc1)C1CC1. The van der Waals surface area contributed by atoms with Gasteiger partial charge in [0.2, 0.25) is 5.91 Å². The molecule has 7 heteroatoms. The third-order valence-electron chi connectivity index (χ3n) is 5.60. The first-order valence-electron chi connectivity index (χ1n) is 10.2. The Balaban J connectivity index is 1.42. The molecule has 1 amide bonds. The number of rotatable bonds is 6. The maximum atomic E-state index is 13.3. The molecule has 1 aliphatic rings. The highest BCUT2D eigenvalue weighted by Gasteiger charge is 2.33. The molecule has 1 saturated carbocycles. The van der Waals surface area contributed by atoms with Gasteiger partial charge >= 0.3 is 0 Å². The average Bonchev–Trinajstić information content (AvgIpc) is 3.53. The number of carbonyl (C=O) groups is 1. The molecule has 0 saturated heterocycles. The van der Waals surface area contributed by atoms with Gasteiger partial charge < -0.3 is 5.32 Å². The first-order chi connectivity index (χ1) is 15.1. The minimum Gasteiger partial charge on any atom is -0.347 e. The van der Waals surface area contributed by atoms with Crippen molar-refractivity contribution in [1.29, 1.82) is 0 Å². The van der Waals surface area contributed by atoms with E-state index in [1.165, 1.54) is 34.4 Å². The first-order valence-corrected chi connectivity index (χ1v) is 11.0. The normalized spacial score (nSPS) is 14.5. The van der Waals surface area contributed by atoms with E-state index in [0.717, 1.165) is 24.0 Å². The van der Waals surface area contributed by atoms with Crippen molar-refractivity contribution >= 4 is 27.5 Å². The van der Waals surface area contributed by atoms with Gasteiger partial charge in [-0.25, -0.2) is 9.37 Å². The number of hydrogen-bond acceptors (Lipinski definition) is 4. The summed E-state index contributed by atoms with van der Waals surface area (Å²) < 4.78 is 14.6. The Morgan fingerprint density at radius 2 is 1.90 bits per heavy atom. The highest BCUT2D eigenvalue weighted by molar-refractivity contribution is 7.17. The Morgan fingerprint density at radius 3 is 2.61 bits per heavy atom. The summed E-state index contributed by atoms with van der Waals surface area (Å²) in [5.41, 5.74) is 2.25. The van der Waals surface area contributed by atoms with Crippen LogP contribution in [0.5, 0.6) is 0 Å². The van der Waals surface area contributed by atoms with Gasteiger partial charge in [0.15, 0.2) is 0 Å². The van der Waals surface area contributed by atoms with Crippen molar-refractivity contribution in [2.45, 2.75) is 25.4 Å². The molecule has 0 aliphatic heterocycles. The van der Waals surface area contributed by atoms with E-state index in [1.54, 1.807) is 12.1 Å². The number of halogens is 1. The molecule has 5 nitrogen and oxygen atoms in total. The summed E-state index contributed by atoms with van der Waals surface area (Å²) in [6, 6.07) is 15.9. The van der Waals surface area contributed by atoms with Crippen molar-refractivity contribution < 1.29 is 9.18 Å². The lowest BCUT2D eigenvalue weighted by Gasteiger charge is -2.19. The number of thiophene rings is 1. The molecule has 0 bridgehead atoms. The lowest BCUT2D eigenvalue weighted by atomic mass is 10.0. The molecule has 1 N–H and O–H groups in total. The van der Waals surface area contributed by atoms with E-state index in [1.807, 2.05) is 35.7 Å². The largest absolute Gasteiger partial charge is 0.347 e. The number of hydrogen-bond donors (Lipinski definition) is 1. The molecule has 4 aromatic rings. The number of aromatic nitrogens is 2. The lowest BCUT2D eigenvalue weighted by molar-refractivity contribution is -0.122. The predicted molar refractivity (Wildman–Crippen MR) is 119 cm³/mol. The summed E-state index contributed by atoms with van der Waals surface area (Å²) in [4.78, 5) is 30.9. The summed E-state index contributed by atoms with van der Waals surface area (Å²) in [6.07, 6.45) is 3.59. The number of carbonyl (C=O) groups excluding carboxylic acids is 1. The van der Waals surface area contributed by atoms with Crippen molar-refractivity contribution in [1.82, 2.24) is 14.9 Å². The minimum absolute atomic E-state index is 0.0444. The van der Waals surface area contributed by atoms with Crippen molar-refractivity contribution in [2.75, 3.05) is 0 Å². The van der Waals surface area contributed by atoms with E-state index in [9.17, 15) is 14.0 Å². The fourth-order valence-electron chi connectivity index (χ4n) is 3.86. The summed E-state index contributed by atoms with van der Waals surface area (Å²) in [5.74, 6) is -0.118. The smallest absolute Gasteiger partial charge is 0.263 e. The maximum Gasteiger partial charge on any atom is 0.263 e. The molecule has 0 radical (unpaired) electrons. The van der Waals surface area contributed by atoms with Crippen LogP contribution < -0.4 is 10.9 Å². The van der Waals surface area contributed by atoms with Crippen molar-refractivity contribution in [3.05, 3.63) is 88.0 Å². The quantitative estimate of drug-likeness (QED) is 0.486. The lowest BCUT2D eigenvalue weighted by Crippen LogP contribution is -2.35. The van der Waals surface area contributed by atoms with Gasteiger partial charge in [0.1, 0.15) is 17.2 Å². The molecule has 2 aromatic heterocycles. The summed E-state index contributed by atoms with van der Waals surface area (Å²) in [6.45, 7) is -0.101. The van der Waals surface area contributed by atoms with Crippen molar-refractivity contribution in [3.8, 4) is 11.1 Å². The molecular weight excluding hydrogens is 413 g/mol. The Kier molecular flexibility index (Phi) is 5.11. The topological polar surface area (TPSA) is 64.0 Å². The standard InChI is InChI=1S/C24H20FN3O2S/c25-18-10-8-15(9-11-18)19-13-31-23-21(19)24(30)28(14-26-23)12-20(29)27-22(17-6-7-17)16-4-2-1-3-5-16/h1-5,8-11,13-14,17,22H,6-7,12H2,(H,27,29). The van der Waals surface area contributed by atoms with Crippen LogP contribution in [0.1, 0.15) is 24.4 Å². The fraction of sp³-hybridized carbons (Fsp3) is 0.208. The molecule has 1 fully saturated rings. The van der Waals surface area contributed by atoms with Crippen LogP contribution in [-0.4, -0.2) is 15.5 Å². The maximum absolute atomic E-state index is 13.3. The third kappa shape index (κ3) is 4.01. The molecule has 0 spiro atoms. The van der Waals surface area contributed by atoms with E-state index in [4.69, 9.17) is 0 Å². The van der Waals surface area contributed by atoms with E-state index in [-0.39, 0.29) is 29.9 Å². The van der Waals surface area contributed by atoms with Gasteiger partial charge in [0, 0.05) is 10.9 Å². The van der Waals surface area contributed by atoms with Crippen LogP contribution in [0.3, 0.4) is 0 Å². The van der Waals surface area contributed by atoms with E-state index in [0.29, 0.717) is 21.7 Å². The summed E-state index contributed by atoms with van der Waals surface area (Å²) >= 11 is 1.36. The molecule has 5 rings (SSSR count). The number of benzene rings is 2. The Morgan fingerprint density at radius 1 is 1.16 bits per heavy atom. The zero-order chi connectivity index (χ0) is 21.4. The molecule has 2 aromatic carbocycles. The molecule has 1 atom stereocenters. The number of nitrogens with zero attached hydrogens (tertiary/aromatic N) is 2.